The number of aromatic hydroxyl groups is 1. The molecule has 3 aliphatic rings. The number of phenolic OH excluding ortho intramolecular Hbond substituents is 1. The monoisotopic (exact) mass is 396 g/mol. The smallest absolute Gasteiger partial charge is 0.115 e. The van der Waals surface area contributed by atoms with Crippen molar-refractivity contribution in [1.29, 1.82) is 0 Å². The summed E-state index contributed by atoms with van der Waals surface area (Å²) in [6.45, 7) is 7.78. The first-order chi connectivity index (χ1) is 13.8. The van der Waals surface area contributed by atoms with Gasteiger partial charge in [-0.1, -0.05) is 12.1 Å². The van der Waals surface area contributed by atoms with Crippen LogP contribution in [0.1, 0.15) is 18.4 Å². The van der Waals surface area contributed by atoms with E-state index in [1.54, 1.807) is 12.1 Å². The van der Waals surface area contributed by atoms with E-state index in [9.17, 15) is 5.11 Å². The number of anilines is 3. The summed E-state index contributed by atoms with van der Waals surface area (Å²) in [5, 5.41) is 9.46. The molecule has 0 unspecified atom stereocenters. The first-order valence-electron chi connectivity index (χ1n) is 10.4. The maximum Gasteiger partial charge on any atom is 0.115 e. The largest absolute Gasteiger partial charge is 0.508 e. The van der Waals surface area contributed by atoms with E-state index in [2.05, 4.69) is 36.6 Å². The Morgan fingerprint density at radius 1 is 0.893 bits per heavy atom. The second kappa shape index (κ2) is 7.76. The zero-order valence-corrected chi connectivity index (χ0v) is 17.1. The molecule has 148 valence electrons. The molecule has 0 radical (unpaired) electrons. The Hall–Kier alpha value is -2.05. The van der Waals surface area contributed by atoms with Crippen LogP contribution in [0.2, 0.25) is 0 Å². The number of rotatable bonds is 5. The lowest BCUT2D eigenvalue weighted by molar-refractivity contribution is 0.256. The molecule has 0 aliphatic carbocycles. The highest BCUT2D eigenvalue weighted by atomic mass is 32.2. The summed E-state index contributed by atoms with van der Waals surface area (Å²) in [6.07, 6.45) is 3.69. The summed E-state index contributed by atoms with van der Waals surface area (Å²) < 4.78 is 4.99. The van der Waals surface area contributed by atoms with Gasteiger partial charge in [-0.2, -0.15) is 0 Å². The van der Waals surface area contributed by atoms with Crippen molar-refractivity contribution in [2.75, 3.05) is 59.3 Å². The van der Waals surface area contributed by atoms with E-state index in [1.165, 1.54) is 48.4 Å². The van der Waals surface area contributed by atoms with Crippen LogP contribution in [0.5, 0.6) is 5.75 Å². The van der Waals surface area contributed by atoms with Crippen LogP contribution < -0.4 is 13.5 Å². The van der Waals surface area contributed by atoms with E-state index in [4.69, 9.17) is 0 Å². The summed E-state index contributed by atoms with van der Waals surface area (Å²) in [7, 11) is 0. The lowest BCUT2D eigenvalue weighted by atomic mass is 10.0. The second-order valence-corrected chi connectivity index (χ2v) is 8.92. The van der Waals surface area contributed by atoms with Crippen molar-refractivity contribution in [3.63, 3.8) is 0 Å². The molecule has 1 saturated heterocycles. The van der Waals surface area contributed by atoms with Gasteiger partial charge in [-0.15, -0.1) is 0 Å². The standard InChI is InChI=1S/C22H28N4OS/c27-20-9-7-19(8-10-20)24-16-14-23(15-17-24)11-3-13-25-21-6-1-4-18-5-2-12-26(28-25)22(18)21/h1,4,6-10,27H,2-3,5,11-17H2. The van der Waals surface area contributed by atoms with Crippen LogP contribution in [0.4, 0.5) is 17.1 Å². The molecular weight excluding hydrogens is 368 g/mol. The molecule has 3 heterocycles. The number of phenols is 1. The van der Waals surface area contributed by atoms with Crippen molar-refractivity contribution in [1.82, 2.24) is 4.90 Å². The number of hydrogen-bond acceptors (Lipinski definition) is 6. The molecule has 1 N–H and O–H groups in total. The molecule has 5 rings (SSSR count). The van der Waals surface area contributed by atoms with Gasteiger partial charge >= 0.3 is 0 Å². The van der Waals surface area contributed by atoms with Gasteiger partial charge in [-0.3, -0.25) is 13.5 Å². The predicted octanol–water partition coefficient (Wildman–Crippen LogP) is 3.74. The fourth-order valence-electron chi connectivity index (χ4n) is 4.53. The maximum atomic E-state index is 9.46. The Labute approximate surface area is 171 Å². The number of piperazine rings is 1. The molecule has 0 atom stereocenters. The first-order valence-corrected chi connectivity index (χ1v) is 11.1. The molecular formula is C22H28N4OS. The van der Waals surface area contributed by atoms with E-state index in [0.717, 1.165) is 39.3 Å². The highest BCUT2D eigenvalue weighted by Gasteiger charge is 2.31. The van der Waals surface area contributed by atoms with Gasteiger partial charge in [0.25, 0.3) is 0 Å². The highest BCUT2D eigenvalue weighted by Crippen LogP contribution is 2.48. The Kier molecular flexibility index (Phi) is 4.99. The van der Waals surface area contributed by atoms with E-state index < -0.39 is 0 Å². The topological polar surface area (TPSA) is 33.2 Å². The molecule has 0 amide bonds. The van der Waals surface area contributed by atoms with Crippen molar-refractivity contribution < 1.29 is 5.11 Å². The molecule has 1 fully saturated rings. The number of nitrogens with zero attached hydrogens (tertiary/aromatic N) is 4. The lowest BCUT2D eigenvalue weighted by Gasteiger charge is -2.36. The fourth-order valence-corrected chi connectivity index (χ4v) is 5.72. The quantitative estimate of drug-likeness (QED) is 0.776. The zero-order chi connectivity index (χ0) is 18.9. The van der Waals surface area contributed by atoms with Crippen LogP contribution >= 0.6 is 12.1 Å². The number of aryl methyl sites for hydroxylation is 1. The van der Waals surface area contributed by atoms with Crippen molar-refractivity contribution in [2.45, 2.75) is 19.3 Å². The molecule has 2 aromatic rings. The number of hydrogen-bond donors (Lipinski definition) is 1. The minimum atomic E-state index is 0.338. The van der Waals surface area contributed by atoms with Gasteiger partial charge in [-0.05, 0) is 55.2 Å². The van der Waals surface area contributed by atoms with Gasteiger partial charge in [0.2, 0.25) is 0 Å². The predicted molar refractivity (Wildman–Crippen MR) is 118 cm³/mol. The molecule has 0 aromatic heterocycles. The van der Waals surface area contributed by atoms with Gasteiger partial charge in [-0.25, -0.2) is 0 Å². The van der Waals surface area contributed by atoms with Crippen molar-refractivity contribution in [3.05, 3.63) is 48.0 Å². The van der Waals surface area contributed by atoms with Crippen LogP contribution in [0.25, 0.3) is 0 Å². The van der Waals surface area contributed by atoms with Gasteiger partial charge in [0.05, 0.1) is 23.5 Å². The SMILES string of the molecule is Oc1ccc(N2CCN(CCCN3SN4CCCc5cccc3c54)CC2)cc1. The minimum Gasteiger partial charge on any atom is -0.508 e. The summed E-state index contributed by atoms with van der Waals surface area (Å²) in [5.74, 6) is 0.338. The van der Waals surface area contributed by atoms with Crippen molar-refractivity contribution in [2.24, 2.45) is 0 Å². The lowest BCUT2D eigenvalue weighted by Crippen LogP contribution is -2.46. The average Bonchev–Trinajstić information content (AvgIpc) is 3.09. The Morgan fingerprint density at radius 2 is 1.71 bits per heavy atom. The van der Waals surface area contributed by atoms with E-state index in [1.807, 2.05) is 24.3 Å². The highest BCUT2D eigenvalue weighted by molar-refractivity contribution is 8.02. The molecule has 3 aliphatic heterocycles. The third kappa shape index (κ3) is 3.51. The Bertz CT molecular complexity index is 820. The van der Waals surface area contributed by atoms with Crippen LogP contribution in [-0.4, -0.2) is 55.8 Å². The Morgan fingerprint density at radius 3 is 2.54 bits per heavy atom. The number of benzene rings is 2. The fraction of sp³-hybridized carbons (Fsp3) is 0.455. The second-order valence-electron chi connectivity index (χ2n) is 7.87. The molecule has 6 heteroatoms. The normalized spacial score (nSPS) is 19.2. The molecule has 0 spiro atoms. The van der Waals surface area contributed by atoms with Crippen LogP contribution in [0, 0.1) is 0 Å². The molecule has 2 aromatic carbocycles. The summed E-state index contributed by atoms with van der Waals surface area (Å²) in [6, 6.07) is 14.4. The van der Waals surface area contributed by atoms with Crippen LogP contribution in [0.3, 0.4) is 0 Å². The van der Waals surface area contributed by atoms with Gasteiger partial charge in [0.1, 0.15) is 5.75 Å². The summed E-state index contributed by atoms with van der Waals surface area (Å²) in [4.78, 5) is 5.00. The third-order valence-electron chi connectivity index (χ3n) is 6.04. The third-order valence-corrected chi connectivity index (χ3v) is 7.18. The number of para-hydroxylation sites is 1. The van der Waals surface area contributed by atoms with E-state index in [0.29, 0.717) is 5.75 Å². The van der Waals surface area contributed by atoms with E-state index >= 15 is 0 Å². The van der Waals surface area contributed by atoms with Crippen molar-refractivity contribution >= 4 is 29.2 Å². The van der Waals surface area contributed by atoms with Gasteiger partial charge in [0.15, 0.2) is 0 Å². The molecule has 0 bridgehead atoms. The maximum absolute atomic E-state index is 9.46. The van der Waals surface area contributed by atoms with Crippen LogP contribution in [-0.2, 0) is 6.42 Å². The van der Waals surface area contributed by atoms with E-state index in [-0.39, 0.29) is 0 Å². The summed E-state index contributed by atoms with van der Waals surface area (Å²) >= 11 is 1.91. The minimum absolute atomic E-state index is 0.338. The van der Waals surface area contributed by atoms with Crippen molar-refractivity contribution in [3.8, 4) is 5.75 Å². The van der Waals surface area contributed by atoms with Crippen LogP contribution in [0.15, 0.2) is 42.5 Å². The molecule has 28 heavy (non-hydrogen) atoms. The Balaban J connectivity index is 1.11. The van der Waals surface area contributed by atoms with Gasteiger partial charge in [0, 0.05) is 51.5 Å². The average molecular weight is 397 g/mol. The molecule has 0 saturated carbocycles. The first kappa shape index (κ1) is 18.0. The van der Waals surface area contributed by atoms with Gasteiger partial charge < -0.3 is 10.0 Å². The summed E-state index contributed by atoms with van der Waals surface area (Å²) in [5.41, 5.74) is 5.62. The molecule has 5 nitrogen and oxygen atoms in total. The zero-order valence-electron chi connectivity index (χ0n) is 16.3.